The number of nitrogens with zero attached hydrogens (tertiary/aromatic N) is 7. The summed E-state index contributed by atoms with van der Waals surface area (Å²) in [5.74, 6) is 0.932. The molecule has 0 aromatic carbocycles. The zero-order chi connectivity index (χ0) is 26.1. The summed E-state index contributed by atoms with van der Waals surface area (Å²) in [5.41, 5.74) is 2.35. The second-order valence-electron chi connectivity index (χ2n) is 8.88. The first kappa shape index (κ1) is 24.5. The van der Waals surface area contributed by atoms with Gasteiger partial charge >= 0.3 is 0 Å². The molecule has 1 amide bonds. The molecule has 11 nitrogen and oxygen atoms in total. The van der Waals surface area contributed by atoms with Gasteiger partial charge in [-0.2, -0.15) is 0 Å². The molecular formula is C25H27FN8O3. The van der Waals surface area contributed by atoms with Gasteiger partial charge in [0.1, 0.15) is 23.9 Å². The second-order valence-corrected chi connectivity index (χ2v) is 8.88. The molecule has 0 bridgehead atoms. The lowest BCUT2D eigenvalue weighted by Gasteiger charge is -2.19. The maximum Gasteiger partial charge on any atom is 0.253 e. The molecule has 0 atom stereocenters. The average molecular weight is 507 g/mol. The van der Waals surface area contributed by atoms with Crippen molar-refractivity contribution in [3.8, 4) is 17.3 Å². The van der Waals surface area contributed by atoms with Gasteiger partial charge in [0.25, 0.3) is 5.91 Å². The van der Waals surface area contributed by atoms with Crippen molar-refractivity contribution in [1.29, 1.82) is 0 Å². The van der Waals surface area contributed by atoms with Crippen molar-refractivity contribution in [1.82, 2.24) is 29.5 Å². The highest BCUT2D eigenvalue weighted by molar-refractivity contribution is 5.94. The summed E-state index contributed by atoms with van der Waals surface area (Å²) in [5, 5.41) is 2.99. The Morgan fingerprint density at radius 2 is 2.00 bits per heavy atom. The Hall–Kier alpha value is -4.19. The van der Waals surface area contributed by atoms with Gasteiger partial charge in [0.2, 0.25) is 11.8 Å². The minimum absolute atomic E-state index is 0.0126. The summed E-state index contributed by atoms with van der Waals surface area (Å²) in [6.45, 7) is 7.15. The number of hydrogen-bond acceptors (Lipinski definition) is 9. The summed E-state index contributed by atoms with van der Waals surface area (Å²) >= 11 is 0. The quantitative estimate of drug-likeness (QED) is 0.416. The number of amides is 1. The summed E-state index contributed by atoms with van der Waals surface area (Å²) in [7, 11) is 1.50. The molecule has 1 fully saturated rings. The maximum absolute atomic E-state index is 14.9. The van der Waals surface area contributed by atoms with E-state index in [1.165, 1.54) is 7.11 Å². The first-order chi connectivity index (χ1) is 17.9. The van der Waals surface area contributed by atoms with Crippen LogP contribution in [0.2, 0.25) is 0 Å². The molecule has 4 aromatic rings. The fraction of sp³-hybridized carbons (Fsp3) is 0.360. The van der Waals surface area contributed by atoms with Crippen LogP contribution in [-0.4, -0.2) is 62.3 Å². The van der Waals surface area contributed by atoms with Crippen LogP contribution in [0.15, 0.2) is 30.6 Å². The molecule has 0 spiro atoms. The van der Waals surface area contributed by atoms with Gasteiger partial charge in [-0.1, -0.05) is 0 Å². The monoisotopic (exact) mass is 506 g/mol. The number of carbonyl (C=O) groups excluding carboxylic acids is 1. The predicted molar refractivity (Wildman–Crippen MR) is 135 cm³/mol. The number of ether oxygens (including phenoxy) is 2. The summed E-state index contributed by atoms with van der Waals surface area (Å²) in [4.78, 5) is 35.8. The van der Waals surface area contributed by atoms with Crippen LogP contribution in [0.4, 0.5) is 21.8 Å². The molecule has 12 heteroatoms. The van der Waals surface area contributed by atoms with Crippen molar-refractivity contribution < 1.29 is 18.7 Å². The van der Waals surface area contributed by atoms with Crippen LogP contribution in [0.3, 0.4) is 0 Å². The van der Waals surface area contributed by atoms with Crippen molar-refractivity contribution >= 4 is 34.4 Å². The number of carbonyl (C=O) groups is 1. The van der Waals surface area contributed by atoms with Crippen LogP contribution in [0.25, 0.3) is 22.4 Å². The number of aromatic nitrogens is 6. The number of nitrogens with one attached hydrogen (secondary N) is 1. The third-order valence-electron chi connectivity index (χ3n) is 6.02. The Morgan fingerprint density at radius 1 is 1.16 bits per heavy atom. The fourth-order valence-corrected chi connectivity index (χ4v) is 4.40. The van der Waals surface area contributed by atoms with Crippen molar-refractivity contribution in [3.63, 3.8) is 0 Å². The van der Waals surface area contributed by atoms with Gasteiger partial charge < -0.3 is 24.3 Å². The molecule has 0 aliphatic carbocycles. The van der Waals surface area contributed by atoms with Crippen molar-refractivity contribution in [3.05, 3.63) is 42.2 Å². The normalized spacial score (nSPS) is 14.3. The Bertz CT molecular complexity index is 1450. The third-order valence-corrected chi connectivity index (χ3v) is 6.02. The Balaban J connectivity index is 1.46. The first-order valence-corrected chi connectivity index (χ1v) is 11.9. The van der Waals surface area contributed by atoms with E-state index in [0.717, 1.165) is 24.0 Å². The maximum atomic E-state index is 14.9. The molecule has 0 radical (unpaired) electrons. The van der Waals surface area contributed by atoms with Gasteiger partial charge in [-0.05, 0) is 45.4 Å². The van der Waals surface area contributed by atoms with Crippen molar-refractivity contribution in [2.45, 2.75) is 33.2 Å². The number of methoxy groups -OCH3 is 1. The number of rotatable bonds is 6. The van der Waals surface area contributed by atoms with E-state index in [9.17, 15) is 9.18 Å². The molecule has 1 aliphatic rings. The summed E-state index contributed by atoms with van der Waals surface area (Å²) < 4.78 is 27.7. The van der Waals surface area contributed by atoms with E-state index in [4.69, 9.17) is 9.47 Å². The van der Waals surface area contributed by atoms with Crippen molar-refractivity contribution in [2.24, 2.45) is 0 Å². The molecule has 5 heterocycles. The van der Waals surface area contributed by atoms with Gasteiger partial charge in [0, 0.05) is 19.2 Å². The molecule has 0 saturated carbocycles. The molecule has 0 unspecified atom stereocenters. The molecule has 1 saturated heterocycles. The first-order valence-electron chi connectivity index (χ1n) is 11.9. The highest BCUT2D eigenvalue weighted by Crippen LogP contribution is 2.32. The number of fused-ring (bicyclic) bond motifs is 1. The minimum atomic E-state index is -0.628. The number of pyridine rings is 2. The number of hydrogen-bond donors (Lipinski definition) is 1. The minimum Gasteiger partial charge on any atom is -0.479 e. The molecule has 192 valence electrons. The van der Waals surface area contributed by atoms with Gasteiger partial charge in [-0.15, -0.1) is 0 Å². The smallest absolute Gasteiger partial charge is 0.253 e. The molecule has 1 N–H and O–H groups in total. The SMILES string of the molecule is COc1nc(-c2nc(Nc3ccc(N4CCCOCC4=O)cn3)ncc2F)cc2c1nc(C)n2C(C)C. The van der Waals surface area contributed by atoms with E-state index in [-0.39, 0.29) is 36.1 Å². The molecule has 1 aliphatic heterocycles. The van der Waals surface area contributed by atoms with Gasteiger partial charge in [-0.25, -0.2) is 29.3 Å². The summed E-state index contributed by atoms with van der Waals surface area (Å²) in [6.07, 6.45) is 3.42. The highest BCUT2D eigenvalue weighted by Gasteiger charge is 2.21. The van der Waals surface area contributed by atoms with E-state index in [1.54, 1.807) is 29.3 Å². The fourth-order valence-electron chi connectivity index (χ4n) is 4.40. The van der Waals surface area contributed by atoms with Crippen LogP contribution >= 0.6 is 0 Å². The largest absolute Gasteiger partial charge is 0.479 e. The molecule has 5 rings (SSSR count). The van der Waals surface area contributed by atoms with Crippen LogP contribution < -0.4 is 15.0 Å². The Labute approximate surface area is 212 Å². The zero-order valence-electron chi connectivity index (χ0n) is 21.0. The van der Waals surface area contributed by atoms with E-state index in [1.807, 2.05) is 25.3 Å². The molecule has 37 heavy (non-hydrogen) atoms. The highest BCUT2D eigenvalue weighted by atomic mass is 19.1. The Morgan fingerprint density at radius 3 is 2.73 bits per heavy atom. The van der Waals surface area contributed by atoms with Crippen LogP contribution in [0, 0.1) is 12.7 Å². The Kier molecular flexibility index (Phi) is 6.66. The number of anilines is 3. The van der Waals surface area contributed by atoms with Gasteiger partial charge in [0.05, 0.1) is 36.4 Å². The van der Waals surface area contributed by atoms with E-state index in [2.05, 4.69) is 30.2 Å². The zero-order valence-corrected chi connectivity index (χ0v) is 21.0. The standard InChI is InChI=1S/C25H27FN8O3/c1-14(2)34-15(3)29-23-19(34)10-18(30-24(23)36-4)22-17(26)12-28-25(32-22)31-20-7-6-16(11-27-20)33-8-5-9-37-13-21(33)35/h6-7,10-12,14H,5,8-9,13H2,1-4H3,(H,27,28,31,32). The second kappa shape index (κ2) is 10.1. The lowest BCUT2D eigenvalue weighted by Crippen LogP contribution is -2.32. The molecule has 4 aromatic heterocycles. The predicted octanol–water partition coefficient (Wildman–Crippen LogP) is 3.82. The topological polar surface area (TPSA) is 120 Å². The third kappa shape index (κ3) is 4.79. The lowest BCUT2D eigenvalue weighted by molar-refractivity contribution is -0.122. The van der Waals surface area contributed by atoms with Gasteiger partial charge in [-0.3, -0.25) is 4.79 Å². The lowest BCUT2D eigenvalue weighted by atomic mass is 10.2. The number of aryl methyl sites for hydroxylation is 1. The van der Waals surface area contributed by atoms with E-state index < -0.39 is 5.82 Å². The van der Waals surface area contributed by atoms with Crippen LogP contribution in [0.5, 0.6) is 5.88 Å². The van der Waals surface area contributed by atoms with E-state index in [0.29, 0.717) is 35.9 Å². The van der Waals surface area contributed by atoms with Crippen LogP contribution in [0.1, 0.15) is 32.1 Å². The number of halogens is 1. The van der Waals surface area contributed by atoms with Crippen molar-refractivity contribution in [2.75, 3.05) is 37.1 Å². The summed E-state index contributed by atoms with van der Waals surface area (Å²) in [6, 6.07) is 5.36. The van der Waals surface area contributed by atoms with Gasteiger partial charge in [0.15, 0.2) is 11.3 Å². The average Bonchev–Trinajstić information content (AvgIpc) is 3.07. The number of imidazole rings is 1. The van der Waals surface area contributed by atoms with E-state index >= 15 is 0 Å². The van der Waals surface area contributed by atoms with Crippen LogP contribution in [-0.2, 0) is 9.53 Å². The molecular weight excluding hydrogens is 479 g/mol.